The van der Waals surface area contributed by atoms with Crippen molar-refractivity contribution in [2.24, 2.45) is 0 Å². The van der Waals surface area contributed by atoms with Crippen LogP contribution in [0.2, 0.25) is 0 Å². The summed E-state index contributed by atoms with van der Waals surface area (Å²) < 4.78 is 4.52. The van der Waals surface area contributed by atoms with Crippen molar-refractivity contribution in [2.75, 3.05) is 13.4 Å². The van der Waals surface area contributed by atoms with E-state index in [1.165, 1.54) is 0 Å². The lowest BCUT2D eigenvalue weighted by atomic mass is 10.4. The lowest BCUT2D eigenvalue weighted by molar-refractivity contribution is -0.327. The maximum atomic E-state index is 10.6. The summed E-state index contributed by atoms with van der Waals surface area (Å²) in [6.45, 7) is 6.93. The first-order valence-electron chi connectivity index (χ1n) is 3.25. The van der Waals surface area contributed by atoms with Crippen molar-refractivity contribution in [2.45, 2.75) is 13.8 Å². The van der Waals surface area contributed by atoms with Crippen molar-refractivity contribution in [3.63, 3.8) is 0 Å². The van der Waals surface area contributed by atoms with Gasteiger partial charge in [-0.1, -0.05) is 6.58 Å². The first-order valence-corrected chi connectivity index (χ1v) is 3.25. The van der Waals surface area contributed by atoms with Crippen molar-refractivity contribution in [3.05, 3.63) is 12.2 Å². The molecule has 0 radical (unpaired) electrons. The minimum Gasteiger partial charge on any atom is -0.432 e. The minimum absolute atomic E-state index is 0.195. The van der Waals surface area contributed by atoms with Gasteiger partial charge in [-0.25, -0.2) is 9.68 Å². The fourth-order valence-electron chi connectivity index (χ4n) is 0.318. The van der Waals surface area contributed by atoms with Crippen molar-refractivity contribution in [1.82, 2.24) is 0 Å². The van der Waals surface area contributed by atoms with Gasteiger partial charge in [0.15, 0.2) is 0 Å². The van der Waals surface area contributed by atoms with E-state index in [0.29, 0.717) is 12.2 Å². The number of rotatable bonds is 5. The van der Waals surface area contributed by atoms with Gasteiger partial charge in [-0.05, 0) is 13.8 Å². The number of carbonyl (C=O) groups is 1. The molecule has 11 heavy (non-hydrogen) atoms. The van der Waals surface area contributed by atoms with Gasteiger partial charge in [0.25, 0.3) is 0 Å². The third kappa shape index (κ3) is 5.57. The molecule has 0 saturated carbocycles. The summed E-state index contributed by atoms with van der Waals surface area (Å²) in [4.78, 5) is 19.5. The molecule has 0 aromatic carbocycles. The minimum atomic E-state index is -0.482. The molecule has 64 valence electrons. The van der Waals surface area contributed by atoms with E-state index < -0.39 is 5.97 Å². The molecular formula is C7H12O4. The first-order chi connectivity index (χ1) is 5.18. The Kier molecular flexibility index (Phi) is 5.42. The zero-order valence-electron chi connectivity index (χ0n) is 6.75. The SMILES string of the molecule is C=C(C)C(=O)OCOOCC. The molecule has 0 aromatic rings. The summed E-state index contributed by atoms with van der Waals surface area (Å²) in [5.74, 6) is -0.482. The summed E-state index contributed by atoms with van der Waals surface area (Å²) in [5, 5.41) is 0. The van der Waals surface area contributed by atoms with Crippen LogP contribution in [0.3, 0.4) is 0 Å². The molecule has 0 saturated heterocycles. The molecule has 0 aliphatic heterocycles. The molecular weight excluding hydrogens is 148 g/mol. The third-order valence-corrected chi connectivity index (χ3v) is 0.788. The molecule has 0 fully saturated rings. The van der Waals surface area contributed by atoms with Crippen molar-refractivity contribution < 1.29 is 19.3 Å². The predicted octanol–water partition coefficient (Wildman–Crippen LogP) is 1.03. The van der Waals surface area contributed by atoms with Gasteiger partial charge in [0, 0.05) is 5.57 Å². The van der Waals surface area contributed by atoms with Crippen LogP contribution in [0, 0.1) is 0 Å². The Hall–Kier alpha value is -0.870. The molecule has 0 spiro atoms. The molecule has 0 aliphatic carbocycles. The van der Waals surface area contributed by atoms with Gasteiger partial charge in [0.2, 0.25) is 6.79 Å². The van der Waals surface area contributed by atoms with E-state index in [2.05, 4.69) is 21.1 Å². The fourth-order valence-corrected chi connectivity index (χ4v) is 0.318. The second-order valence-electron chi connectivity index (χ2n) is 1.85. The largest absolute Gasteiger partial charge is 0.432 e. The number of ether oxygens (including phenoxy) is 1. The Bertz CT molecular complexity index is 141. The van der Waals surface area contributed by atoms with Crippen LogP contribution in [0.15, 0.2) is 12.2 Å². The maximum absolute atomic E-state index is 10.6. The van der Waals surface area contributed by atoms with Crippen molar-refractivity contribution in [3.8, 4) is 0 Å². The fraction of sp³-hybridized carbons (Fsp3) is 0.571. The van der Waals surface area contributed by atoms with Crippen LogP contribution >= 0.6 is 0 Å². The zero-order chi connectivity index (χ0) is 8.69. The summed E-state index contributed by atoms with van der Waals surface area (Å²) >= 11 is 0. The smallest absolute Gasteiger partial charge is 0.335 e. The van der Waals surface area contributed by atoms with E-state index in [1.807, 2.05) is 0 Å². The molecule has 0 aliphatic rings. The highest BCUT2D eigenvalue weighted by Gasteiger charge is 2.01. The molecule has 0 N–H and O–H groups in total. The van der Waals surface area contributed by atoms with Crippen LogP contribution in [0.1, 0.15) is 13.8 Å². The number of esters is 1. The van der Waals surface area contributed by atoms with Crippen molar-refractivity contribution in [1.29, 1.82) is 0 Å². The zero-order valence-corrected chi connectivity index (χ0v) is 6.75. The third-order valence-electron chi connectivity index (χ3n) is 0.788. The quantitative estimate of drug-likeness (QED) is 0.150. The average Bonchev–Trinajstić information content (AvgIpc) is 1.97. The number of carbonyl (C=O) groups excluding carboxylic acids is 1. The maximum Gasteiger partial charge on any atom is 0.335 e. The summed E-state index contributed by atoms with van der Waals surface area (Å²) in [6.07, 6.45) is 0. The van der Waals surface area contributed by atoms with E-state index in [0.717, 1.165) is 0 Å². The second kappa shape index (κ2) is 5.88. The molecule has 4 nitrogen and oxygen atoms in total. The Balaban J connectivity index is 3.25. The second-order valence-corrected chi connectivity index (χ2v) is 1.85. The van der Waals surface area contributed by atoms with Crippen LogP contribution in [-0.2, 0) is 19.3 Å². The van der Waals surface area contributed by atoms with E-state index >= 15 is 0 Å². The summed E-state index contributed by atoms with van der Waals surface area (Å²) in [7, 11) is 0. The Morgan fingerprint density at radius 2 is 2.09 bits per heavy atom. The molecule has 0 bridgehead atoms. The van der Waals surface area contributed by atoms with Crippen LogP contribution in [-0.4, -0.2) is 19.4 Å². The average molecular weight is 160 g/mol. The highest BCUT2D eigenvalue weighted by Crippen LogP contribution is 1.91. The van der Waals surface area contributed by atoms with Gasteiger partial charge in [0.1, 0.15) is 0 Å². The van der Waals surface area contributed by atoms with Crippen LogP contribution in [0.4, 0.5) is 0 Å². The van der Waals surface area contributed by atoms with Crippen LogP contribution in [0.5, 0.6) is 0 Å². The van der Waals surface area contributed by atoms with Gasteiger partial charge in [-0.3, -0.25) is 0 Å². The Labute approximate surface area is 65.7 Å². The molecule has 4 heteroatoms. The first kappa shape index (κ1) is 10.1. The van der Waals surface area contributed by atoms with Crippen molar-refractivity contribution >= 4 is 5.97 Å². The lowest BCUT2D eigenvalue weighted by Crippen LogP contribution is -2.08. The Morgan fingerprint density at radius 1 is 1.45 bits per heavy atom. The Morgan fingerprint density at radius 3 is 2.55 bits per heavy atom. The highest BCUT2D eigenvalue weighted by molar-refractivity contribution is 5.86. The van der Waals surface area contributed by atoms with E-state index in [-0.39, 0.29) is 6.79 Å². The van der Waals surface area contributed by atoms with Gasteiger partial charge >= 0.3 is 5.97 Å². The molecule has 0 amide bonds. The molecule has 0 heterocycles. The standard InChI is InChI=1S/C7H12O4/c1-4-10-11-5-9-7(8)6(2)3/h2,4-5H2,1,3H3. The van der Waals surface area contributed by atoms with E-state index in [4.69, 9.17) is 0 Å². The van der Waals surface area contributed by atoms with Gasteiger partial charge in [-0.15, -0.1) is 0 Å². The monoisotopic (exact) mass is 160 g/mol. The van der Waals surface area contributed by atoms with Gasteiger partial charge in [-0.2, -0.15) is 4.89 Å². The topological polar surface area (TPSA) is 44.8 Å². The van der Waals surface area contributed by atoms with Gasteiger partial charge in [0.05, 0.1) is 6.61 Å². The highest BCUT2D eigenvalue weighted by atomic mass is 17.2. The van der Waals surface area contributed by atoms with Gasteiger partial charge < -0.3 is 4.74 Å². The molecule has 0 unspecified atom stereocenters. The normalized spacial score (nSPS) is 9.27. The summed E-state index contributed by atoms with van der Waals surface area (Å²) in [5.41, 5.74) is 0.338. The van der Waals surface area contributed by atoms with E-state index in [1.54, 1.807) is 13.8 Å². The lowest BCUT2D eigenvalue weighted by Gasteiger charge is -2.02. The van der Waals surface area contributed by atoms with E-state index in [9.17, 15) is 4.79 Å². The predicted molar refractivity (Wildman–Crippen MR) is 38.5 cm³/mol. The van der Waals surface area contributed by atoms with Crippen LogP contribution in [0.25, 0.3) is 0 Å². The molecule has 0 aromatic heterocycles. The number of hydrogen-bond donors (Lipinski definition) is 0. The number of hydrogen-bond acceptors (Lipinski definition) is 4. The summed E-state index contributed by atoms with van der Waals surface area (Å²) in [6, 6.07) is 0. The molecule has 0 rings (SSSR count). The van der Waals surface area contributed by atoms with Crippen LogP contribution < -0.4 is 0 Å². The molecule has 0 atom stereocenters.